The summed E-state index contributed by atoms with van der Waals surface area (Å²) in [6, 6.07) is 14.0. The summed E-state index contributed by atoms with van der Waals surface area (Å²) in [5, 5.41) is 4.96. The van der Waals surface area contributed by atoms with Crippen LogP contribution < -0.4 is 10.2 Å². The molecule has 0 spiro atoms. The van der Waals surface area contributed by atoms with Crippen LogP contribution in [0.2, 0.25) is 5.02 Å². The Morgan fingerprint density at radius 1 is 1.00 bits per heavy atom. The lowest BCUT2D eigenvalue weighted by Crippen LogP contribution is -2.59. The molecule has 3 heterocycles. The first-order valence-electron chi connectivity index (χ1n) is 12.6. The summed E-state index contributed by atoms with van der Waals surface area (Å²) >= 11 is 6.05. The molecule has 5 rings (SSSR count). The number of nitrogens with zero attached hydrogens (tertiary/aromatic N) is 4. The van der Waals surface area contributed by atoms with Crippen LogP contribution in [-0.4, -0.2) is 80.7 Å². The number of halogens is 1. The van der Waals surface area contributed by atoms with Crippen LogP contribution in [0.4, 0.5) is 5.69 Å². The lowest BCUT2D eigenvalue weighted by molar-refractivity contribution is -0.141. The number of carbonyl (C=O) groups is 2. The van der Waals surface area contributed by atoms with Crippen LogP contribution in [0.15, 0.2) is 65.8 Å². The number of sulfonamides is 1. The number of rotatable bonds is 6. The number of hydrogen-bond acceptors (Lipinski definition) is 6. The molecule has 1 N–H and O–H groups in total. The summed E-state index contributed by atoms with van der Waals surface area (Å²) < 4.78 is 28.0. The Labute approximate surface area is 227 Å². The van der Waals surface area contributed by atoms with E-state index in [1.54, 1.807) is 60.7 Å². The van der Waals surface area contributed by atoms with Crippen molar-refractivity contribution < 1.29 is 18.0 Å². The monoisotopic (exact) mass is 555 g/mol. The molecule has 0 unspecified atom stereocenters. The maximum Gasteiger partial charge on any atom is 0.243 e. The average Bonchev–Trinajstić information content (AvgIpc) is 2.94. The zero-order valence-corrected chi connectivity index (χ0v) is 22.7. The van der Waals surface area contributed by atoms with Gasteiger partial charge in [-0.3, -0.25) is 14.6 Å². The van der Waals surface area contributed by atoms with Crippen molar-refractivity contribution in [3.63, 3.8) is 0 Å². The van der Waals surface area contributed by atoms with E-state index in [4.69, 9.17) is 11.6 Å². The van der Waals surface area contributed by atoms with Gasteiger partial charge in [-0.25, -0.2) is 8.42 Å². The van der Waals surface area contributed by atoms with Gasteiger partial charge < -0.3 is 15.1 Å². The van der Waals surface area contributed by atoms with Crippen molar-refractivity contribution in [2.24, 2.45) is 5.41 Å². The number of piperidine rings is 1. The summed E-state index contributed by atoms with van der Waals surface area (Å²) in [5.74, 6) is -0.391. The maximum absolute atomic E-state index is 13.4. The number of piperazine rings is 1. The fourth-order valence-electron chi connectivity index (χ4n) is 5.40. The minimum absolute atomic E-state index is 0.0917. The van der Waals surface area contributed by atoms with Crippen molar-refractivity contribution in [3.05, 3.63) is 65.9 Å². The maximum atomic E-state index is 13.4. The van der Waals surface area contributed by atoms with E-state index in [-0.39, 0.29) is 42.9 Å². The topological polar surface area (TPSA) is 103 Å². The fourth-order valence-corrected chi connectivity index (χ4v) is 7.00. The summed E-state index contributed by atoms with van der Waals surface area (Å²) in [6.45, 7) is 1.75. The second kappa shape index (κ2) is 10.5. The highest BCUT2D eigenvalue weighted by Crippen LogP contribution is 2.35. The minimum Gasteiger partial charge on any atom is -0.371 e. The van der Waals surface area contributed by atoms with Crippen LogP contribution in [0.5, 0.6) is 0 Å². The molecule has 0 atom stereocenters. The number of carbonyl (C=O) groups excluding carboxylic acids is 2. The Morgan fingerprint density at radius 3 is 2.37 bits per heavy atom. The molecule has 0 saturated carbocycles. The smallest absolute Gasteiger partial charge is 0.243 e. The largest absolute Gasteiger partial charge is 0.371 e. The molecule has 9 nitrogen and oxygen atoms in total. The van der Waals surface area contributed by atoms with E-state index in [1.165, 1.54) is 4.31 Å². The van der Waals surface area contributed by atoms with E-state index >= 15 is 0 Å². The fraction of sp³-hybridized carbons (Fsp3) is 0.370. The van der Waals surface area contributed by atoms with Crippen molar-refractivity contribution in [1.82, 2.24) is 19.5 Å². The molecule has 2 aliphatic heterocycles. The first-order valence-corrected chi connectivity index (χ1v) is 14.4. The van der Waals surface area contributed by atoms with Gasteiger partial charge in [0.1, 0.15) is 0 Å². The molecule has 0 aliphatic carbocycles. The second-order valence-electron chi connectivity index (χ2n) is 9.86. The van der Waals surface area contributed by atoms with Crippen LogP contribution in [0, 0.1) is 5.41 Å². The standard InChI is InChI=1S/C27H30ClN5O4S/c1-29-26(35)27(8-12-31(13-9-27)23-6-10-30-11-7-23)19-32-14-15-33(18-25(32)34)38(36,37)24-5-3-20-16-22(28)4-2-21(20)17-24/h2-7,10-11,16-17H,8-9,12-15,18-19H2,1H3,(H,29,35). The predicted octanol–water partition coefficient (Wildman–Crippen LogP) is 2.75. The number of amides is 2. The third-order valence-electron chi connectivity index (χ3n) is 7.65. The number of nitrogens with one attached hydrogen (secondary N) is 1. The molecule has 2 fully saturated rings. The molecule has 200 valence electrons. The van der Waals surface area contributed by atoms with Gasteiger partial charge in [0.05, 0.1) is 16.9 Å². The number of fused-ring (bicyclic) bond motifs is 1. The molecule has 3 aromatic rings. The van der Waals surface area contributed by atoms with Gasteiger partial charge in [0.15, 0.2) is 0 Å². The van der Waals surface area contributed by atoms with E-state index < -0.39 is 15.4 Å². The zero-order valence-electron chi connectivity index (χ0n) is 21.1. The Kier molecular flexibility index (Phi) is 7.30. The molecule has 2 saturated heterocycles. The van der Waals surface area contributed by atoms with Crippen LogP contribution in [0.3, 0.4) is 0 Å². The molecule has 0 bridgehead atoms. The van der Waals surface area contributed by atoms with Crippen molar-refractivity contribution in [2.45, 2.75) is 17.7 Å². The van der Waals surface area contributed by atoms with Gasteiger partial charge >= 0.3 is 0 Å². The Morgan fingerprint density at radius 2 is 1.68 bits per heavy atom. The first-order chi connectivity index (χ1) is 18.2. The number of hydrogen-bond donors (Lipinski definition) is 1. The Hall–Kier alpha value is -3.21. The molecule has 2 aromatic carbocycles. The number of anilines is 1. The van der Waals surface area contributed by atoms with Crippen LogP contribution in [-0.2, 0) is 19.6 Å². The highest BCUT2D eigenvalue weighted by atomic mass is 35.5. The van der Waals surface area contributed by atoms with Gasteiger partial charge in [-0.05, 0) is 60.0 Å². The van der Waals surface area contributed by atoms with Crippen molar-refractivity contribution in [3.8, 4) is 0 Å². The highest BCUT2D eigenvalue weighted by Gasteiger charge is 2.44. The van der Waals surface area contributed by atoms with E-state index in [1.807, 2.05) is 12.1 Å². The van der Waals surface area contributed by atoms with Crippen LogP contribution >= 0.6 is 11.6 Å². The van der Waals surface area contributed by atoms with Crippen LogP contribution in [0.25, 0.3) is 10.8 Å². The summed E-state index contributed by atoms with van der Waals surface area (Å²) in [4.78, 5) is 34.3. The quantitative estimate of drug-likeness (QED) is 0.502. The third-order valence-corrected chi connectivity index (χ3v) is 9.72. The lowest BCUT2D eigenvalue weighted by atomic mass is 9.76. The van der Waals surface area contributed by atoms with Crippen molar-refractivity contribution in [2.75, 3.05) is 51.2 Å². The summed E-state index contributed by atoms with van der Waals surface area (Å²) in [6.07, 6.45) is 4.66. The van der Waals surface area contributed by atoms with Crippen molar-refractivity contribution >= 4 is 49.9 Å². The second-order valence-corrected chi connectivity index (χ2v) is 12.2. The molecular formula is C27H30ClN5O4S. The van der Waals surface area contributed by atoms with Crippen LogP contribution in [0.1, 0.15) is 12.8 Å². The molecule has 38 heavy (non-hydrogen) atoms. The van der Waals surface area contributed by atoms with E-state index in [0.717, 1.165) is 16.5 Å². The van der Waals surface area contributed by atoms with E-state index in [2.05, 4.69) is 15.2 Å². The number of benzene rings is 2. The molecule has 1 aromatic heterocycles. The van der Waals surface area contributed by atoms with E-state index in [9.17, 15) is 18.0 Å². The van der Waals surface area contributed by atoms with Gasteiger partial charge in [-0.15, -0.1) is 0 Å². The highest BCUT2D eigenvalue weighted by molar-refractivity contribution is 7.89. The Balaban J connectivity index is 1.28. The number of aromatic nitrogens is 1. The van der Waals surface area contributed by atoms with Crippen molar-refractivity contribution in [1.29, 1.82) is 0 Å². The molecule has 2 amide bonds. The third kappa shape index (κ3) is 5.08. The summed E-state index contributed by atoms with van der Waals surface area (Å²) in [5.41, 5.74) is 0.325. The van der Waals surface area contributed by atoms with Gasteiger partial charge in [0.2, 0.25) is 21.8 Å². The first kappa shape index (κ1) is 26.4. The molecule has 11 heteroatoms. The minimum atomic E-state index is -3.87. The molecule has 0 radical (unpaired) electrons. The van der Waals surface area contributed by atoms with Gasteiger partial charge in [0, 0.05) is 62.9 Å². The Bertz CT molecular complexity index is 1460. The van der Waals surface area contributed by atoms with Gasteiger partial charge in [0.25, 0.3) is 0 Å². The SMILES string of the molecule is CNC(=O)C1(CN2CCN(S(=O)(=O)c3ccc4cc(Cl)ccc4c3)CC2=O)CCN(c2ccncc2)CC1. The average molecular weight is 556 g/mol. The molecule has 2 aliphatic rings. The van der Waals surface area contributed by atoms with E-state index in [0.29, 0.717) is 31.0 Å². The molecular weight excluding hydrogens is 526 g/mol. The number of pyridine rings is 1. The zero-order chi connectivity index (χ0) is 26.9. The lowest BCUT2D eigenvalue weighted by Gasteiger charge is -2.45. The summed E-state index contributed by atoms with van der Waals surface area (Å²) in [7, 11) is -2.25. The van der Waals surface area contributed by atoms with Gasteiger partial charge in [-0.1, -0.05) is 23.7 Å². The predicted molar refractivity (Wildman–Crippen MR) is 146 cm³/mol. The van der Waals surface area contributed by atoms with Gasteiger partial charge in [-0.2, -0.15) is 4.31 Å². The normalized spacial score (nSPS) is 18.5.